The minimum Gasteiger partial charge on any atom is -0.405 e. The molecule has 2 aromatic rings. The van der Waals surface area contributed by atoms with Crippen LogP contribution in [0.15, 0.2) is 60.7 Å². The van der Waals surface area contributed by atoms with E-state index < -0.39 is 0 Å². The number of amides is 1. The van der Waals surface area contributed by atoms with E-state index in [4.69, 9.17) is 10.6 Å². The minimum absolute atomic E-state index is 0.00638. The van der Waals surface area contributed by atoms with Crippen LogP contribution >= 0.6 is 0 Å². The summed E-state index contributed by atoms with van der Waals surface area (Å²) in [6, 6.07) is 22.1. The highest BCUT2D eigenvalue weighted by Gasteiger charge is 2.61. The molecule has 204 valence electrons. The summed E-state index contributed by atoms with van der Waals surface area (Å²) in [5.74, 6) is 2.16. The zero-order valence-electron chi connectivity index (χ0n) is 22.8. The first-order valence-corrected chi connectivity index (χ1v) is 15.2. The van der Waals surface area contributed by atoms with Crippen molar-refractivity contribution in [1.82, 2.24) is 10.4 Å². The quantitative estimate of drug-likeness (QED) is 0.466. The minimum atomic E-state index is 0.00638. The predicted molar refractivity (Wildman–Crippen MR) is 152 cm³/mol. The highest BCUT2D eigenvalue weighted by Crippen LogP contribution is 2.61. The maximum atomic E-state index is 13.2. The van der Waals surface area contributed by atoms with E-state index in [1.807, 2.05) is 6.07 Å². The maximum absolute atomic E-state index is 13.2. The number of fused-ring (bicyclic) bond motifs is 3. The molecule has 5 heteroatoms. The number of carbonyl (C=O) groups is 1. The van der Waals surface area contributed by atoms with Gasteiger partial charge in [0, 0.05) is 25.0 Å². The molecule has 1 aliphatic heterocycles. The Bertz CT molecular complexity index is 1070. The average Bonchev–Trinajstić information content (AvgIpc) is 3.37. The molecule has 3 N–H and O–H groups in total. The van der Waals surface area contributed by atoms with Crippen molar-refractivity contribution in [3.8, 4) is 5.75 Å². The van der Waals surface area contributed by atoms with Crippen molar-refractivity contribution >= 4 is 5.91 Å². The zero-order valence-corrected chi connectivity index (χ0v) is 22.8. The van der Waals surface area contributed by atoms with Gasteiger partial charge in [0.05, 0.1) is 5.54 Å². The van der Waals surface area contributed by atoms with Gasteiger partial charge in [0.2, 0.25) is 5.91 Å². The largest absolute Gasteiger partial charge is 0.405 e. The summed E-state index contributed by atoms with van der Waals surface area (Å²) in [6.07, 6.45) is 14.1. The van der Waals surface area contributed by atoms with Crippen LogP contribution in [0.5, 0.6) is 5.75 Å². The number of nitrogens with two attached hydrogens (primary N) is 1. The molecule has 2 bridgehead atoms. The molecule has 1 amide bonds. The molecule has 38 heavy (non-hydrogen) atoms. The van der Waals surface area contributed by atoms with Crippen LogP contribution in [-0.2, 0) is 10.2 Å². The second-order valence-corrected chi connectivity index (χ2v) is 12.7. The van der Waals surface area contributed by atoms with E-state index in [2.05, 4.69) is 65.0 Å². The number of para-hydroxylation sites is 1. The van der Waals surface area contributed by atoms with Crippen LogP contribution in [0, 0.1) is 11.8 Å². The lowest BCUT2D eigenvalue weighted by atomic mass is 9.49. The number of nitrogens with zero attached hydrogens (tertiary/aromatic N) is 1. The Labute approximate surface area is 228 Å². The van der Waals surface area contributed by atoms with Crippen molar-refractivity contribution in [1.29, 1.82) is 0 Å². The van der Waals surface area contributed by atoms with E-state index in [0.29, 0.717) is 30.3 Å². The van der Waals surface area contributed by atoms with E-state index in [1.54, 1.807) is 0 Å². The van der Waals surface area contributed by atoms with Gasteiger partial charge in [-0.2, -0.15) is 0 Å². The van der Waals surface area contributed by atoms with Crippen LogP contribution in [-0.4, -0.2) is 35.1 Å². The number of hydrogen-bond donors (Lipinski definition) is 2. The lowest BCUT2D eigenvalue weighted by Gasteiger charge is -2.60. The van der Waals surface area contributed by atoms with E-state index in [0.717, 1.165) is 57.2 Å². The molecule has 0 radical (unpaired) electrons. The molecule has 3 aliphatic carbocycles. The summed E-state index contributed by atoms with van der Waals surface area (Å²) >= 11 is 0. The van der Waals surface area contributed by atoms with Crippen LogP contribution in [0.25, 0.3) is 0 Å². The van der Waals surface area contributed by atoms with E-state index >= 15 is 0 Å². The first kappa shape index (κ1) is 25.9. The average molecular weight is 516 g/mol. The van der Waals surface area contributed by atoms with Crippen LogP contribution in [0.2, 0.25) is 0 Å². The van der Waals surface area contributed by atoms with E-state index in [-0.39, 0.29) is 16.9 Å². The first-order valence-electron chi connectivity index (χ1n) is 15.2. The fourth-order valence-electron chi connectivity index (χ4n) is 8.74. The molecule has 1 heterocycles. The molecule has 1 saturated heterocycles. The molecule has 4 atom stereocenters. The van der Waals surface area contributed by atoms with Crippen molar-refractivity contribution in [2.24, 2.45) is 17.6 Å². The Morgan fingerprint density at radius 3 is 2.42 bits per heavy atom. The second kappa shape index (κ2) is 11.0. The van der Waals surface area contributed by atoms with E-state index in [9.17, 15) is 4.79 Å². The lowest BCUT2D eigenvalue weighted by molar-refractivity contribution is -0.194. The molecular formula is C33H45N3O2. The van der Waals surface area contributed by atoms with Crippen LogP contribution in [0.3, 0.4) is 0 Å². The molecule has 1 spiro atoms. The third-order valence-corrected chi connectivity index (χ3v) is 10.5. The Morgan fingerprint density at radius 2 is 1.66 bits per heavy atom. The number of benzene rings is 2. The fourth-order valence-corrected chi connectivity index (χ4v) is 8.74. The van der Waals surface area contributed by atoms with Crippen LogP contribution in [0.4, 0.5) is 0 Å². The third kappa shape index (κ3) is 5.00. The van der Waals surface area contributed by atoms with Crippen molar-refractivity contribution in [3.05, 3.63) is 66.2 Å². The number of carbonyl (C=O) groups excluding carboxylic acids is 1. The van der Waals surface area contributed by atoms with Crippen molar-refractivity contribution in [2.75, 3.05) is 6.54 Å². The Balaban J connectivity index is 1.26. The molecule has 4 unspecified atom stereocenters. The molecule has 3 saturated carbocycles. The molecule has 4 aliphatic rings. The molecule has 5 nitrogen and oxygen atoms in total. The molecular weight excluding hydrogens is 470 g/mol. The Morgan fingerprint density at radius 1 is 0.921 bits per heavy atom. The highest BCUT2D eigenvalue weighted by molar-refractivity contribution is 5.76. The van der Waals surface area contributed by atoms with Gasteiger partial charge < -0.3 is 15.9 Å². The van der Waals surface area contributed by atoms with Gasteiger partial charge in [-0.05, 0) is 106 Å². The van der Waals surface area contributed by atoms with Gasteiger partial charge in [0.25, 0.3) is 0 Å². The SMILES string of the molecule is N[C@H]1CC[C@H](NC(=O)CCC2CC3(c4ccccc4)CCCC(C3)C23CCCN3Oc2ccccc2)CC1. The van der Waals surface area contributed by atoms with Crippen molar-refractivity contribution in [3.63, 3.8) is 0 Å². The van der Waals surface area contributed by atoms with Gasteiger partial charge >= 0.3 is 0 Å². The lowest BCUT2D eigenvalue weighted by Crippen LogP contribution is -2.63. The number of hydrogen-bond acceptors (Lipinski definition) is 4. The molecule has 4 fully saturated rings. The predicted octanol–water partition coefficient (Wildman–Crippen LogP) is 6.13. The topological polar surface area (TPSA) is 67.6 Å². The van der Waals surface area contributed by atoms with Gasteiger partial charge in [-0.25, -0.2) is 0 Å². The maximum Gasteiger partial charge on any atom is 0.220 e. The van der Waals surface area contributed by atoms with E-state index in [1.165, 1.54) is 37.7 Å². The first-order chi connectivity index (χ1) is 18.6. The second-order valence-electron chi connectivity index (χ2n) is 12.7. The third-order valence-electron chi connectivity index (χ3n) is 10.5. The number of rotatable bonds is 7. The fraction of sp³-hybridized carbons (Fsp3) is 0.606. The summed E-state index contributed by atoms with van der Waals surface area (Å²) in [5.41, 5.74) is 7.82. The summed E-state index contributed by atoms with van der Waals surface area (Å²) < 4.78 is 0. The summed E-state index contributed by atoms with van der Waals surface area (Å²) in [7, 11) is 0. The molecule has 6 rings (SSSR count). The van der Waals surface area contributed by atoms with Crippen LogP contribution < -0.4 is 15.9 Å². The molecule has 2 aromatic carbocycles. The zero-order chi connectivity index (χ0) is 26.0. The Kier molecular flexibility index (Phi) is 7.50. The summed E-state index contributed by atoms with van der Waals surface area (Å²) in [6.45, 7) is 0.967. The Hall–Kier alpha value is -2.37. The summed E-state index contributed by atoms with van der Waals surface area (Å²) in [5, 5.41) is 5.73. The smallest absolute Gasteiger partial charge is 0.220 e. The van der Waals surface area contributed by atoms with Crippen molar-refractivity contribution in [2.45, 2.75) is 107 Å². The van der Waals surface area contributed by atoms with Crippen molar-refractivity contribution < 1.29 is 9.63 Å². The monoisotopic (exact) mass is 515 g/mol. The van der Waals surface area contributed by atoms with Gasteiger partial charge in [-0.15, -0.1) is 5.06 Å². The summed E-state index contributed by atoms with van der Waals surface area (Å²) in [4.78, 5) is 19.9. The normalized spacial score (nSPS) is 35.2. The van der Waals surface area contributed by atoms with Gasteiger partial charge in [-0.1, -0.05) is 55.0 Å². The van der Waals surface area contributed by atoms with Gasteiger partial charge in [-0.3, -0.25) is 4.79 Å². The number of hydroxylamine groups is 2. The van der Waals surface area contributed by atoms with Gasteiger partial charge in [0.15, 0.2) is 0 Å². The number of nitrogens with one attached hydrogen (secondary N) is 1. The van der Waals surface area contributed by atoms with Gasteiger partial charge in [0.1, 0.15) is 5.75 Å². The van der Waals surface area contributed by atoms with Crippen LogP contribution in [0.1, 0.15) is 89.0 Å². The standard InChI is InChI=1S/C33H45N3O2/c34-28-15-17-29(18-16-28)35-31(37)19-14-27-24-32(25-9-3-1-4-10-25)20-7-11-26(23-32)33(27)21-8-22-36(33)38-30-12-5-2-6-13-30/h1-6,9-10,12-13,26-29H,7-8,11,14-24,34H2,(H,35,37)/t26?,27?,28-,29-,32?,33?. The molecule has 0 aromatic heterocycles. The highest BCUT2D eigenvalue weighted by atomic mass is 16.7.